The lowest BCUT2D eigenvalue weighted by atomic mass is 10.1. The predicted molar refractivity (Wildman–Crippen MR) is 78.4 cm³/mol. The summed E-state index contributed by atoms with van der Waals surface area (Å²) in [5.74, 6) is 0.104. The van der Waals surface area contributed by atoms with Gasteiger partial charge in [0.25, 0.3) is 0 Å². The van der Waals surface area contributed by atoms with Crippen molar-refractivity contribution in [3.63, 3.8) is 0 Å². The number of nitrogens with one attached hydrogen (secondary N) is 2. The number of aromatic nitrogens is 4. The van der Waals surface area contributed by atoms with Crippen LogP contribution in [0, 0.1) is 5.82 Å². The van der Waals surface area contributed by atoms with Gasteiger partial charge < -0.3 is 5.32 Å². The Balaban J connectivity index is 1.73. The first-order valence-corrected chi connectivity index (χ1v) is 6.62. The third-order valence-corrected chi connectivity index (χ3v) is 3.25. The molecule has 0 radical (unpaired) electrons. The molecule has 2 N–H and O–H groups in total. The highest BCUT2D eigenvalue weighted by atomic mass is 35.5. The maximum absolute atomic E-state index is 13.4. The zero-order chi connectivity index (χ0) is 14.7. The molecule has 0 aliphatic heterocycles. The Labute approximate surface area is 125 Å². The van der Waals surface area contributed by atoms with Crippen molar-refractivity contribution in [1.82, 2.24) is 20.6 Å². The van der Waals surface area contributed by atoms with Crippen molar-refractivity contribution >= 4 is 17.3 Å². The molecule has 0 unspecified atom stereocenters. The Kier molecular flexibility index (Phi) is 3.79. The van der Waals surface area contributed by atoms with Gasteiger partial charge in [-0.05, 0) is 35.0 Å². The van der Waals surface area contributed by atoms with Crippen LogP contribution < -0.4 is 5.32 Å². The van der Waals surface area contributed by atoms with Crippen LogP contribution in [0.25, 0.3) is 11.4 Å². The molecule has 0 atom stereocenters. The molecule has 7 heteroatoms. The highest BCUT2D eigenvalue weighted by molar-refractivity contribution is 6.30. The van der Waals surface area contributed by atoms with Crippen LogP contribution in [0.15, 0.2) is 42.5 Å². The van der Waals surface area contributed by atoms with Crippen LogP contribution in [0.2, 0.25) is 5.02 Å². The molecule has 1 aromatic heterocycles. The van der Waals surface area contributed by atoms with E-state index >= 15 is 0 Å². The molecular weight excluding hydrogens is 293 g/mol. The maximum Gasteiger partial charge on any atom is 0.204 e. The number of aromatic amines is 1. The minimum Gasteiger partial charge on any atom is -0.381 e. The van der Waals surface area contributed by atoms with E-state index in [4.69, 9.17) is 11.6 Å². The van der Waals surface area contributed by atoms with Crippen molar-refractivity contribution in [2.24, 2.45) is 0 Å². The molecule has 0 amide bonds. The lowest BCUT2D eigenvalue weighted by Gasteiger charge is -2.08. The van der Waals surface area contributed by atoms with Gasteiger partial charge in [-0.3, -0.25) is 0 Å². The van der Waals surface area contributed by atoms with E-state index < -0.39 is 5.82 Å². The van der Waals surface area contributed by atoms with Crippen molar-refractivity contribution in [3.05, 3.63) is 58.9 Å². The molecule has 2 aromatic carbocycles. The second-order valence-electron chi connectivity index (χ2n) is 4.42. The number of anilines is 1. The first-order valence-electron chi connectivity index (χ1n) is 6.24. The van der Waals surface area contributed by atoms with Gasteiger partial charge in [-0.2, -0.15) is 5.21 Å². The zero-order valence-electron chi connectivity index (χ0n) is 10.8. The Morgan fingerprint density at radius 2 is 2.10 bits per heavy atom. The number of hydrogen-bond donors (Lipinski definition) is 2. The van der Waals surface area contributed by atoms with Gasteiger partial charge in [0, 0.05) is 17.8 Å². The van der Waals surface area contributed by atoms with Crippen molar-refractivity contribution in [2.75, 3.05) is 5.32 Å². The van der Waals surface area contributed by atoms with Crippen LogP contribution in [-0.2, 0) is 6.54 Å². The lowest BCUT2D eigenvalue weighted by Crippen LogP contribution is -2.00. The molecule has 3 aromatic rings. The van der Waals surface area contributed by atoms with Crippen LogP contribution in [0.4, 0.5) is 10.1 Å². The number of hydrogen-bond acceptors (Lipinski definition) is 4. The summed E-state index contributed by atoms with van der Waals surface area (Å²) >= 11 is 5.66. The van der Waals surface area contributed by atoms with E-state index in [1.165, 1.54) is 6.07 Å². The third-order valence-electron chi connectivity index (χ3n) is 2.95. The maximum atomic E-state index is 13.4. The molecule has 21 heavy (non-hydrogen) atoms. The van der Waals surface area contributed by atoms with Crippen LogP contribution in [0.5, 0.6) is 0 Å². The van der Waals surface area contributed by atoms with Crippen LogP contribution in [0.3, 0.4) is 0 Å². The summed E-state index contributed by atoms with van der Waals surface area (Å²) in [6.45, 7) is 0.490. The Bertz CT molecular complexity index is 745. The summed E-state index contributed by atoms with van der Waals surface area (Å²) in [5.41, 5.74) is 2.53. The molecule has 106 valence electrons. The van der Waals surface area contributed by atoms with E-state index in [0.29, 0.717) is 12.4 Å². The first-order chi connectivity index (χ1) is 10.2. The molecule has 0 saturated carbocycles. The van der Waals surface area contributed by atoms with Crippen molar-refractivity contribution in [2.45, 2.75) is 6.54 Å². The fourth-order valence-electron chi connectivity index (χ4n) is 1.91. The summed E-state index contributed by atoms with van der Waals surface area (Å²) in [4.78, 5) is 0. The first kappa shape index (κ1) is 13.5. The number of halogens is 2. The van der Waals surface area contributed by atoms with Gasteiger partial charge in [0.05, 0.1) is 5.02 Å². The molecular formula is C14H11ClFN5. The van der Waals surface area contributed by atoms with Crippen LogP contribution in [0.1, 0.15) is 5.56 Å². The van der Waals surface area contributed by atoms with Gasteiger partial charge in [0.1, 0.15) is 5.82 Å². The Morgan fingerprint density at radius 1 is 1.19 bits per heavy atom. The highest BCUT2D eigenvalue weighted by Crippen LogP contribution is 2.20. The van der Waals surface area contributed by atoms with Crippen molar-refractivity contribution in [3.8, 4) is 11.4 Å². The summed E-state index contributed by atoms with van der Waals surface area (Å²) in [6.07, 6.45) is 0. The van der Waals surface area contributed by atoms with Crippen LogP contribution in [-0.4, -0.2) is 20.6 Å². The summed E-state index contributed by atoms with van der Waals surface area (Å²) in [5, 5.41) is 17.1. The quantitative estimate of drug-likeness (QED) is 0.776. The molecule has 0 spiro atoms. The van der Waals surface area contributed by atoms with Crippen LogP contribution >= 0.6 is 11.6 Å². The molecule has 0 bridgehead atoms. The zero-order valence-corrected chi connectivity index (χ0v) is 11.6. The van der Waals surface area contributed by atoms with Gasteiger partial charge in [-0.1, -0.05) is 29.8 Å². The molecule has 5 nitrogen and oxygen atoms in total. The highest BCUT2D eigenvalue weighted by Gasteiger charge is 2.04. The van der Waals surface area contributed by atoms with Crippen molar-refractivity contribution < 1.29 is 4.39 Å². The van der Waals surface area contributed by atoms with Crippen molar-refractivity contribution in [1.29, 1.82) is 0 Å². The predicted octanol–water partition coefficient (Wildman–Crippen LogP) is 3.27. The van der Waals surface area contributed by atoms with E-state index in [2.05, 4.69) is 25.9 Å². The summed E-state index contributed by atoms with van der Waals surface area (Å²) < 4.78 is 13.4. The number of nitrogens with zero attached hydrogens (tertiary/aromatic N) is 3. The standard InChI is InChI=1S/C14H11ClFN5/c15-12-5-4-9(6-13(12)16)8-17-11-3-1-2-10(7-11)14-18-20-21-19-14/h1-7,17H,8H2,(H,18,19,20,21). The van der Waals surface area contributed by atoms with Gasteiger partial charge in [0.2, 0.25) is 5.82 Å². The molecule has 3 rings (SSSR count). The SMILES string of the molecule is Fc1cc(CNc2cccc(-c3nn[nH]n3)c2)ccc1Cl. The minimum atomic E-state index is -0.420. The Morgan fingerprint density at radius 3 is 2.86 bits per heavy atom. The largest absolute Gasteiger partial charge is 0.381 e. The second-order valence-corrected chi connectivity index (χ2v) is 4.83. The average molecular weight is 304 g/mol. The molecule has 0 aliphatic rings. The Hall–Kier alpha value is -2.47. The lowest BCUT2D eigenvalue weighted by molar-refractivity contribution is 0.626. The average Bonchev–Trinajstić information content (AvgIpc) is 3.03. The molecule has 1 heterocycles. The van der Waals surface area contributed by atoms with E-state index in [1.54, 1.807) is 12.1 Å². The number of tetrazole rings is 1. The van der Waals surface area contributed by atoms with E-state index in [9.17, 15) is 4.39 Å². The third kappa shape index (κ3) is 3.17. The summed E-state index contributed by atoms with van der Waals surface area (Å²) in [7, 11) is 0. The summed E-state index contributed by atoms with van der Waals surface area (Å²) in [6, 6.07) is 12.3. The normalized spacial score (nSPS) is 10.6. The van der Waals surface area contributed by atoms with E-state index in [0.717, 1.165) is 16.8 Å². The topological polar surface area (TPSA) is 66.5 Å². The number of rotatable bonds is 4. The van der Waals surface area contributed by atoms with E-state index in [1.807, 2.05) is 24.3 Å². The fraction of sp³-hybridized carbons (Fsp3) is 0.0714. The van der Waals surface area contributed by atoms with Gasteiger partial charge in [-0.15, -0.1) is 10.2 Å². The van der Waals surface area contributed by atoms with Gasteiger partial charge >= 0.3 is 0 Å². The monoisotopic (exact) mass is 303 g/mol. The fourth-order valence-corrected chi connectivity index (χ4v) is 2.02. The molecule has 0 saturated heterocycles. The van der Waals surface area contributed by atoms with E-state index in [-0.39, 0.29) is 5.02 Å². The van der Waals surface area contributed by atoms with Gasteiger partial charge in [0.15, 0.2) is 0 Å². The number of H-pyrrole nitrogens is 1. The van der Waals surface area contributed by atoms with Gasteiger partial charge in [-0.25, -0.2) is 4.39 Å². The molecule has 0 aliphatic carbocycles. The number of benzene rings is 2. The minimum absolute atomic E-state index is 0.123. The molecule has 0 fully saturated rings. The smallest absolute Gasteiger partial charge is 0.204 e. The second kappa shape index (κ2) is 5.88.